The van der Waals surface area contributed by atoms with Gasteiger partial charge in [-0.1, -0.05) is 24.3 Å². The predicted molar refractivity (Wildman–Crippen MR) is 122 cm³/mol. The van der Waals surface area contributed by atoms with E-state index in [1.54, 1.807) is 72.7 Å². The predicted octanol–water partition coefficient (Wildman–Crippen LogP) is 3.85. The molecule has 2 aliphatic rings. The van der Waals surface area contributed by atoms with E-state index >= 15 is 0 Å². The number of methoxy groups -OCH3 is 1. The SMILES string of the molecule is CCOc1ccc(N2C(=O)C(N3C(=O)c4ccccc4C3=O)C2c2ccc(OC)cc2)cc1. The fraction of sp³-hybridized carbons (Fsp3) is 0.192. The minimum atomic E-state index is -0.933. The average Bonchev–Trinajstić information content (AvgIpc) is 3.09. The number of rotatable bonds is 6. The van der Waals surface area contributed by atoms with Gasteiger partial charge in [0.1, 0.15) is 17.5 Å². The second-order valence-electron chi connectivity index (χ2n) is 7.82. The third-order valence-electron chi connectivity index (χ3n) is 6.05. The van der Waals surface area contributed by atoms with E-state index in [2.05, 4.69) is 0 Å². The molecule has 5 rings (SSSR count). The second-order valence-corrected chi connectivity index (χ2v) is 7.82. The molecule has 2 atom stereocenters. The summed E-state index contributed by atoms with van der Waals surface area (Å²) in [4.78, 5) is 42.4. The van der Waals surface area contributed by atoms with Gasteiger partial charge in [-0.3, -0.25) is 19.3 Å². The standard InChI is InChI=1S/C26H22N2O5/c1-3-33-19-14-10-17(11-15-19)27-22(16-8-12-18(32-2)13-9-16)23(26(27)31)28-24(29)20-6-4-5-7-21(20)25(28)30/h4-15,22-23H,3H2,1-2H3. The number of imide groups is 1. The maximum atomic E-state index is 13.4. The molecule has 2 unspecified atom stereocenters. The molecule has 1 saturated heterocycles. The summed E-state index contributed by atoms with van der Waals surface area (Å²) in [6.07, 6.45) is 0. The molecule has 2 heterocycles. The van der Waals surface area contributed by atoms with Gasteiger partial charge in [0.2, 0.25) is 0 Å². The normalized spacial score (nSPS) is 19.4. The molecule has 0 bridgehead atoms. The highest BCUT2D eigenvalue weighted by atomic mass is 16.5. The van der Waals surface area contributed by atoms with Crippen LogP contribution in [0.5, 0.6) is 11.5 Å². The Morgan fingerprint density at radius 1 is 0.727 bits per heavy atom. The van der Waals surface area contributed by atoms with Crippen molar-refractivity contribution in [2.75, 3.05) is 18.6 Å². The fourth-order valence-electron chi connectivity index (χ4n) is 4.48. The van der Waals surface area contributed by atoms with Gasteiger partial charge in [0.05, 0.1) is 30.9 Å². The third kappa shape index (κ3) is 3.24. The van der Waals surface area contributed by atoms with E-state index in [1.165, 1.54) is 0 Å². The van der Waals surface area contributed by atoms with Crippen molar-refractivity contribution in [3.8, 4) is 11.5 Å². The van der Waals surface area contributed by atoms with Gasteiger partial charge in [0.15, 0.2) is 0 Å². The minimum Gasteiger partial charge on any atom is -0.497 e. The van der Waals surface area contributed by atoms with Crippen LogP contribution in [0.2, 0.25) is 0 Å². The maximum Gasteiger partial charge on any atom is 0.262 e. The number of fused-ring (bicyclic) bond motifs is 1. The minimum absolute atomic E-state index is 0.311. The first-order valence-electron chi connectivity index (χ1n) is 10.7. The van der Waals surface area contributed by atoms with Gasteiger partial charge >= 0.3 is 0 Å². The van der Waals surface area contributed by atoms with Crippen molar-refractivity contribution in [2.45, 2.75) is 19.0 Å². The Morgan fingerprint density at radius 2 is 1.30 bits per heavy atom. The number of hydrogen-bond acceptors (Lipinski definition) is 5. The molecule has 1 fully saturated rings. The van der Waals surface area contributed by atoms with Crippen LogP contribution in [0.25, 0.3) is 0 Å². The zero-order valence-corrected chi connectivity index (χ0v) is 18.2. The molecule has 0 saturated carbocycles. The summed E-state index contributed by atoms with van der Waals surface area (Å²) < 4.78 is 10.8. The van der Waals surface area contributed by atoms with Gasteiger partial charge < -0.3 is 14.4 Å². The molecular formula is C26H22N2O5. The topological polar surface area (TPSA) is 76.2 Å². The number of ether oxygens (including phenoxy) is 2. The molecule has 0 spiro atoms. The van der Waals surface area contributed by atoms with Crippen molar-refractivity contribution in [2.24, 2.45) is 0 Å². The molecule has 7 nitrogen and oxygen atoms in total. The summed E-state index contributed by atoms with van der Waals surface area (Å²) in [5.74, 6) is 0.175. The number of carbonyl (C=O) groups excluding carboxylic acids is 3. The lowest BCUT2D eigenvalue weighted by molar-refractivity contribution is -0.130. The Hall–Kier alpha value is -4.13. The van der Waals surface area contributed by atoms with Crippen LogP contribution in [0.3, 0.4) is 0 Å². The maximum absolute atomic E-state index is 13.4. The number of nitrogens with zero attached hydrogens (tertiary/aromatic N) is 2. The smallest absolute Gasteiger partial charge is 0.262 e. The molecule has 2 aliphatic heterocycles. The Balaban J connectivity index is 1.54. The van der Waals surface area contributed by atoms with Crippen molar-refractivity contribution in [1.29, 1.82) is 0 Å². The summed E-state index contributed by atoms with van der Waals surface area (Å²) in [5, 5.41) is 0. The Morgan fingerprint density at radius 3 is 1.85 bits per heavy atom. The van der Waals surface area contributed by atoms with Gasteiger partial charge in [-0.05, 0) is 61.0 Å². The zero-order valence-electron chi connectivity index (χ0n) is 18.2. The number of carbonyl (C=O) groups is 3. The molecule has 0 aliphatic carbocycles. The molecule has 3 amide bonds. The van der Waals surface area contributed by atoms with Gasteiger partial charge in [0.25, 0.3) is 17.7 Å². The highest BCUT2D eigenvalue weighted by Crippen LogP contribution is 2.44. The first kappa shape index (κ1) is 20.8. The summed E-state index contributed by atoms with van der Waals surface area (Å²) in [7, 11) is 1.58. The van der Waals surface area contributed by atoms with Crippen LogP contribution in [-0.2, 0) is 4.79 Å². The van der Waals surface area contributed by atoms with Crippen LogP contribution in [-0.4, -0.2) is 42.4 Å². The summed E-state index contributed by atoms with van der Waals surface area (Å²) in [6.45, 7) is 2.44. The highest BCUT2D eigenvalue weighted by molar-refractivity contribution is 6.24. The molecule has 7 heteroatoms. The van der Waals surface area contributed by atoms with E-state index in [4.69, 9.17) is 9.47 Å². The van der Waals surface area contributed by atoms with Gasteiger partial charge in [-0.2, -0.15) is 0 Å². The van der Waals surface area contributed by atoms with E-state index in [0.29, 0.717) is 34.9 Å². The molecule has 0 aromatic heterocycles. The average molecular weight is 442 g/mol. The Labute approximate surface area is 191 Å². The number of benzene rings is 3. The van der Waals surface area contributed by atoms with E-state index in [0.717, 1.165) is 10.5 Å². The van der Waals surface area contributed by atoms with Crippen LogP contribution in [0.1, 0.15) is 39.2 Å². The van der Waals surface area contributed by atoms with Crippen LogP contribution < -0.4 is 14.4 Å². The second kappa shape index (κ2) is 8.09. The third-order valence-corrected chi connectivity index (χ3v) is 6.05. The lowest BCUT2D eigenvalue weighted by Crippen LogP contribution is -2.67. The summed E-state index contributed by atoms with van der Waals surface area (Å²) in [5.41, 5.74) is 2.11. The lowest BCUT2D eigenvalue weighted by atomic mass is 9.86. The molecular weight excluding hydrogens is 420 g/mol. The number of hydrogen-bond donors (Lipinski definition) is 0. The highest BCUT2D eigenvalue weighted by Gasteiger charge is 2.57. The van der Waals surface area contributed by atoms with Gasteiger partial charge in [-0.25, -0.2) is 0 Å². The largest absolute Gasteiger partial charge is 0.497 e. The Kier molecular flexibility index (Phi) is 5.09. The van der Waals surface area contributed by atoms with E-state index in [9.17, 15) is 14.4 Å². The van der Waals surface area contributed by atoms with Gasteiger partial charge in [0, 0.05) is 5.69 Å². The molecule has 0 N–H and O–H groups in total. The molecule has 33 heavy (non-hydrogen) atoms. The van der Waals surface area contributed by atoms with E-state index in [1.807, 2.05) is 19.1 Å². The fourth-order valence-corrected chi connectivity index (χ4v) is 4.48. The van der Waals surface area contributed by atoms with Crippen LogP contribution in [0.4, 0.5) is 5.69 Å². The van der Waals surface area contributed by atoms with Crippen LogP contribution in [0.15, 0.2) is 72.8 Å². The summed E-state index contributed by atoms with van der Waals surface area (Å²) >= 11 is 0. The van der Waals surface area contributed by atoms with E-state index in [-0.39, 0.29) is 5.91 Å². The monoisotopic (exact) mass is 442 g/mol. The van der Waals surface area contributed by atoms with Crippen molar-refractivity contribution in [3.63, 3.8) is 0 Å². The summed E-state index contributed by atoms with van der Waals surface area (Å²) in [6, 6.07) is 19.7. The van der Waals surface area contributed by atoms with Crippen molar-refractivity contribution in [3.05, 3.63) is 89.5 Å². The quantitative estimate of drug-likeness (QED) is 0.428. The van der Waals surface area contributed by atoms with E-state index < -0.39 is 23.9 Å². The molecule has 3 aromatic rings. The van der Waals surface area contributed by atoms with Crippen LogP contribution in [0, 0.1) is 0 Å². The van der Waals surface area contributed by atoms with Crippen molar-refractivity contribution < 1.29 is 23.9 Å². The molecule has 0 radical (unpaired) electrons. The first-order valence-corrected chi connectivity index (χ1v) is 10.7. The number of β-lactam (4-membered cyclic amide) rings is 1. The van der Waals surface area contributed by atoms with Crippen molar-refractivity contribution >= 4 is 23.4 Å². The number of anilines is 1. The molecule has 166 valence electrons. The van der Waals surface area contributed by atoms with Gasteiger partial charge in [-0.15, -0.1) is 0 Å². The van der Waals surface area contributed by atoms with Crippen LogP contribution >= 0.6 is 0 Å². The Bertz CT molecular complexity index is 1200. The zero-order chi connectivity index (χ0) is 23.1. The van der Waals surface area contributed by atoms with Crippen molar-refractivity contribution in [1.82, 2.24) is 4.90 Å². The number of amides is 3. The first-order chi connectivity index (χ1) is 16.0. The lowest BCUT2D eigenvalue weighted by Gasteiger charge is -2.49. The molecule has 3 aromatic carbocycles.